The predicted octanol–water partition coefficient (Wildman–Crippen LogP) is 2.28. The molecule has 15 heavy (non-hydrogen) atoms. The second-order valence-electron chi connectivity index (χ2n) is 3.98. The highest BCUT2D eigenvalue weighted by molar-refractivity contribution is 5.79. The number of ether oxygens (including phenoxy) is 1. The highest BCUT2D eigenvalue weighted by atomic mass is 16.5. The highest BCUT2D eigenvalue weighted by Gasteiger charge is 2.20. The summed E-state index contributed by atoms with van der Waals surface area (Å²) in [5.74, 6) is 1.06. The van der Waals surface area contributed by atoms with Crippen LogP contribution >= 0.6 is 0 Å². The van der Waals surface area contributed by atoms with Crippen molar-refractivity contribution in [1.29, 1.82) is 0 Å². The molecule has 1 fully saturated rings. The van der Waals surface area contributed by atoms with Gasteiger partial charge in [0.25, 0.3) is 0 Å². The summed E-state index contributed by atoms with van der Waals surface area (Å²) in [7, 11) is 0. The number of hydrogen-bond donors (Lipinski definition) is 0. The standard InChI is InChI=1S/C12H15NO2/c1-9-3-2-8-13-12(9)15-11-6-4-10(14)5-7-11/h2-3,8,11H,4-7H2,1H3. The number of aromatic nitrogens is 1. The third kappa shape index (κ3) is 2.55. The number of hydrogen-bond acceptors (Lipinski definition) is 3. The van der Waals surface area contributed by atoms with Crippen molar-refractivity contribution >= 4 is 5.78 Å². The molecule has 2 rings (SSSR count). The molecule has 3 heteroatoms. The van der Waals surface area contributed by atoms with Crippen LogP contribution in [-0.4, -0.2) is 16.9 Å². The predicted molar refractivity (Wildman–Crippen MR) is 56.9 cm³/mol. The van der Waals surface area contributed by atoms with Crippen LogP contribution in [0.5, 0.6) is 5.88 Å². The molecule has 0 radical (unpaired) electrons. The summed E-state index contributed by atoms with van der Waals surface area (Å²) in [6.07, 6.45) is 4.85. The van der Waals surface area contributed by atoms with Crippen molar-refractivity contribution in [2.45, 2.75) is 38.7 Å². The molecule has 3 nitrogen and oxygen atoms in total. The normalized spacial score (nSPS) is 17.8. The molecular weight excluding hydrogens is 190 g/mol. The number of nitrogens with zero attached hydrogens (tertiary/aromatic N) is 1. The lowest BCUT2D eigenvalue weighted by Crippen LogP contribution is -2.24. The molecule has 1 aliphatic rings. The van der Waals surface area contributed by atoms with Gasteiger partial charge in [-0.05, 0) is 25.8 Å². The van der Waals surface area contributed by atoms with E-state index in [1.165, 1.54) is 0 Å². The van der Waals surface area contributed by atoms with E-state index in [2.05, 4.69) is 4.98 Å². The molecule has 0 atom stereocenters. The van der Waals surface area contributed by atoms with Crippen LogP contribution in [0.25, 0.3) is 0 Å². The number of Topliss-reactive ketones (excluding diaryl/α,β-unsaturated/α-hetero) is 1. The Morgan fingerprint density at radius 2 is 2.13 bits per heavy atom. The van der Waals surface area contributed by atoms with Gasteiger partial charge in [-0.15, -0.1) is 0 Å². The summed E-state index contributed by atoms with van der Waals surface area (Å²) in [4.78, 5) is 15.2. The Bertz CT molecular complexity index is 352. The smallest absolute Gasteiger partial charge is 0.216 e. The third-order valence-corrected chi connectivity index (χ3v) is 2.73. The molecule has 1 aromatic heterocycles. The molecule has 1 aromatic rings. The first-order chi connectivity index (χ1) is 7.25. The van der Waals surface area contributed by atoms with E-state index >= 15 is 0 Å². The van der Waals surface area contributed by atoms with Gasteiger partial charge in [-0.1, -0.05) is 6.07 Å². The van der Waals surface area contributed by atoms with E-state index in [4.69, 9.17) is 4.74 Å². The van der Waals surface area contributed by atoms with Crippen LogP contribution in [0.1, 0.15) is 31.2 Å². The number of aryl methyl sites for hydroxylation is 1. The Morgan fingerprint density at radius 1 is 1.40 bits per heavy atom. The van der Waals surface area contributed by atoms with E-state index in [1.54, 1.807) is 6.20 Å². The number of rotatable bonds is 2. The Labute approximate surface area is 89.5 Å². The van der Waals surface area contributed by atoms with E-state index in [-0.39, 0.29) is 6.10 Å². The Morgan fingerprint density at radius 3 is 2.80 bits per heavy atom. The van der Waals surface area contributed by atoms with Crippen LogP contribution in [0.15, 0.2) is 18.3 Å². The third-order valence-electron chi connectivity index (χ3n) is 2.73. The number of carbonyl (C=O) groups excluding carboxylic acids is 1. The summed E-state index contributed by atoms with van der Waals surface area (Å²) in [6.45, 7) is 1.98. The Kier molecular flexibility index (Phi) is 2.99. The first-order valence-electron chi connectivity index (χ1n) is 5.35. The van der Waals surface area contributed by atoms with Crippen molar-refractivity contribution in [2.24, 2.45) is 0 Å². The van der Waals surface area contributed by atoms with Gasteiger partial charge >= 0.3 is 0 Å². The zero-order chi connectivity index (χ0) is 10.7. The molecular formula is C12H15NO2. The minimum atomic E-state index is 0.163. The lowest BCUT2D eigenvalue weighted by atomic mass is 9.96. The van der Waals surface area contributed by atoms with E-state index in [1.807, 2.05) is 19.1 Å². The fraction of sp³-hybridized carbons (Fsp3) is 0.500. The lowest BCUT2D eigenvalue weighted by molar-refractivity contribution is -0.121. The van der Waals surface area contributed by atoms with Crippen LogP contribution in [0.4, 0.5) is 0 Å². The molecule has 0 aliphatic heterocycles. The molecule has 0 aromatic carbocycles. The topological polar surface area (TPSA) is 39.2 Å². The van der Waals surface area contributed by atoms with Crippen LogP contribution < -0.4 is 4.74 Å². The van der Waals surface area contributed by atoms with Crippen molar-refractivity contribution < 1.29 is 9.53 Å². The van der Waals surface area contributed by atoms with Gasteiger partial charge < -0.3 is 4.74 Å². The molecule has 1 aliphatic carbocycles. The fourth-order valence-electron chi connectivity index (χ4n) is 1.78. The maximum Gasteiger partial charge on any atom is 0.216 e. The van der Waals surface area contributed by atoms with Gasteiger partial charge in [0.15, 0.2) is 0 Å². The van der Waals surface area contributed by atoms with Gasteiger partial charge in [0.1, 0.15) is 11.9 Å². The minimum Gasteiger partial charge on any atom is -0.474 e. The summed E-state index contributed by atoms with van der Waals surface area (Å²) in [6, 6.07) is 3.88. The van der Waals surface area contributed by atoms with Gasteiger partial charge in [0.05, 0.1) is 0 Å². The molecule has 0 spiro atoms. The summed E-state index contributed by atoms with van der Waals surface area (Å²) >= 11 is 0. The Hall–Kier alpha value is -1.38. The van der Waals surface area contributed by atoms with Crippen LogP contribution in [0, 0.1) is 6.92 Å². The van der Waals surface area contributed by atoms with E-state index in [0.29, 0.717) is 24.5 Å². The average molecular weight is 205 g/mol. The van der Waals surface area contributed by atoms with Crippen molar-refractivity contribution in [3.05, 3.63) is 23.9 Å². The van der Waals surface area contributed by atoms with Gasteiger partial charge in [-0.2, -0.15) is 0 Å². The average Bonchev–Trinajstić information content (AvgIpc) is 2.25. The van der Waals surface area contributed by atoms with E-state index < -0.39 is 0 Å². The molecule has 0 unspecified atom stereocenters. The lowest BCUT2D eigenvalue weighted by Gasteiger charge is -2.22. The van der Waals surface area contributed by atoms with Crippen LogP contribution in [-0.2, 0) is 4.79 Å². The summed E-state index contributed by atoms with van der Waals surface area (Å²) in [5, 5.41) is 0. The zero-order valence-corrected chi connectivity index (χ0v) is 8.90. The first kappa shape index (κ1) is 10.1. The molecule has 1 saturated carbocycles. The maximum absolute atomic E-state index is 11.1. The number of carbonyl (C=O) groups is 1. The van der Waals surface area contributed by atoms with Crippen molar-refractivity contribution in [2.75, 3.05) is 0 Å². The highest BCUT2D eigenvalue weighted by Crippen LogP contribution is 2.22. The summed E-state index contributed by atoms with van der Waals surface area (Å²) < 4.78 is 5.77. The number of pyridine rings is 1. The van der Waals surface area contributed by atoms with Crippen molar-refractivity contribution in [3.8, 4) is 5.88 Å². The number of ketones is 1. The van der Waals surface area contributed by atoms with Crippen LogP contribution in [0.3, 0.4) is 0 Å². The second kappa shape index (κ2) is 4.43. The van der Waals surface area contributed by atoms with Crippen molar-refractivity contribution in [1.82, 2.24) is 4.98 Å². The quantitative estimate of drug-likeness (QED) is 0.743. The van der Waals surface area contributed by atoms with E-state index in [0.717, 1.165) is 18.4 Å². The SMILES string of the molecule is Cc1cccnc1OC1CCC(=O)CC1. The van der Waals surface area contributed by atoms with Gasteiger partial charge in [-0.3, -0.25) is 4.79 Å². The molecule has 0 bridgehead atoms. The zero-order valence-electron chi connectivity index (χ0n) is 8.90. The van der Waals surface area contributed by atoms with E-state index in [9.17, 15) is 4.79 Å². The largest absolute Gasteiger partial charge is 0.474 e. The van der Waals surface area contributed by atoms with Crippen LogP contribution in [0.2, 0.25) is 0 Å². The second-order valence-corrected chi connectivity index (χ2v) is 3.98. The Balaban J connectivity index is 1.97. The molecule has 1 heterocycles. The fourth-order valence-corrected chi connectivity index (χ4v) is 1.78. The van der Waals surface area contributed by atoms with Gasteiger partial charge in [0, 0.05) is 24.6 Å². The van der Waals surface area contributed by atoms with Gasteiger partial charge in [0.2, 0.25) is 5.88 Å². The molecule has 0 amide bonds. The molecule has 80 valence electrons. The minimum absolute atomic E-state index is 0.163. The van der Waals surface area contributed by atoms with Gasteiger partial charge in [-0.25, -0.2) is 4.98 Å². The summed E-state index contributed by atoms with van der Waals surface area (Å²) in [5.41, 5.74) is 1.05. The monoisotopic (exact) mass is 205 g/mol. The molecule has 0 N–H and O–H groups in total. The molecule has 0 saturated heterocycles. The maximum atomic E-state index is 11.1. The van der Waals surface area contributed by atoms with Crippen molar-refractivity contribution in [3.63, 3.8) is 0 Å². The first-order valence-corrected chi connectivity index (χ1v) is 5.35.